The topological polar surface area (TPSA) is 102 Å². The Hall–Kier alpha value is -4.41. The van der Waals surface area contributed by atoms with Crippen LogP contribution in [0.1, 0.15) is 34.0 Å². The molecule has 0 heterocycles. The number of halogens is 1. The summed E-state index contributed by atoms with van der Waals surface area (Å²) in [4.78, 5) is 23.4. The molecule has 7 nitrogen and oxygen atoms in total. The van der Waals surface area contributed by atoms with E-state index in [-0.39, 0.29) is 23.4 Å². The molecule has 0 saturated heterocycles. The number of benzene rings is 3. The fourth-order valence-electron chi connectivity index (χ4n) is 3.50. The first-order valence-electron chi connectivity index (χ1n) is 11.1. The van der Waals surface area contributed by atoms with Gasteiger partial charge in [-0.3, -0.25) is 14.9 Å². The summed E-state index contributed by atoms with van der Waals surface area (Å²) < 4.78 is 11.9. The second-order valence-corrected chi connectivity index (χ2v) is 8.03. The molecule has 3 aromatic carbocycles. The average Bonchev–Trinajstić information content (AvgIpc) is 2.87. The predicted molar refractivity (Wildman–Crippen MR) is 138 cm³/mol. The smallest absolute Gasteiger partial charge is 0.270 e. The van der Waals surface area contributed by atoms with Crippen molar-refractivity contribution in [2.75, 3.05) is 6.61 Å². The lowest BCUT2D eigenvalue weighted by Crippen LogP contribution is -2.05. The van der Waals surface area contributed by atoms with Crippen LogP contribution in [0.4, 0.5) is 5.69 Å². The first-order valence-corrected chi connectivity index (χ1v) is 11.4. The van der Waals surface area contributed by atoms with E-state index in [1.165, 1.54) is 24.3 Å². The van der Waals surface area contributed by atoms with Gasteiger partial charge in [0.15, 0.2) is 11.5 Å². The second kappa shape index (κ2) is 12.3. The van der Waals surface area contributed by atoms with Crippen LogP contribution in [0, 0.1) is 21.4 Å². The summed E-state index contributed by atoms with van der Waals surface area (Å²) in [6, 6.07) is 18.0. The fraction of sp³-hybridized carbons (Fsp3) is 0.143. The number of carbonyl (C=O) groups excluding carboxylic acids is 1. The lowest BCUT2D eigenvalue weighted by Gasteiger charge is -2.17. The van der Waals surface area contributed by atoms with Crippen molar-refractivity contribution in [3.63, 3.8) is 0 Å². The fourth-order valence-corrected chi connectivity index (χ4v) is 3.69. The summed E-state index contributed by atoms with van der Waals surface area (Å²) in [5.74, 6) is 0.330. The van der Waals surface area contributed by atoms with Gasteiger partial charge in [0.25, 0.3) is 5.69 Å². The van der Waals surface area contributed by atoms with E-state index in [2.05, 4.69) is 6.58 Å². The molecule has 8 heteroatoms. The van der Waals surface area contributed by atoms with Crippen molar-refractivity contribution in [3.8, 4) is 17.6 Å². The molecule has 0 aliphatic carbocycles. The first kappa shape index (κ1) is 26.2. The highest BCUT2D eigenvalue weighted by Crippen LogP contribution is 2.36. The van der Waals surface area contributed by atoms with Crippen LogP contribution in [-0.4, -0.2) is 17.3 Å². The molecule has 0 radical (unpaired) electrons. The number of nitro benzene ring substituents is 1. The Morgan fingerprint density at radius 2 is 1.92 bits per heavy atom. The zero-order valence-corrected chi connectivity index (χ0v) is 20.3. The van der Waals surface area contributed by atoms with Crippen molar-refractivity contribution in [2.24, 2.45) is 0 Å². The molecular formula is C28H23ClN2O5. The number of rotatable bonds is 11. The molecule has 0 saturated carbocycles. The number of Topliss-reactive ketones (excluding diaryl/α,β-unsaturated/α-hetero) is 1. The normalized spacial score (nSPS) is 10.9. The van der Waals surface area contributed by atoms with Gasteiger partial charge in [-0.25, -0.2) is 0 Å². The Morgan fingerprint density at radius 1 is 1.14 bits per heavy atom. The minimum atomic E-state index is -0.622. The van der Waals surface area contributed by atoms with E-state index in [0.717, 1.165) is 17.2 Å². The minimum Gasteiger partial charge on any atom is -0.490 e. The molecule has 3 aromatic rings. The zero-order valence-electron chi connectivity index (χ0n) is 19.6. The third-order valence-corrected chi connectivity index (χ3v) is 5.51. The maximum atomic E-state index is 12.9. The number of ether oxygens (including phenoxy) is 2. The van der Waals surface area contributed by atoms with Crippen molar-refractivity contribution in [1.29, 1.82) is 5.26 Å². The van der Waals surface area contributed by atoms with Crippen molar-refractivity contribution in [3.05, 3.63) is 116 Å². The Labute approximate surface area is 214 Å². The highest BCUT2D eigenvalue weighted by Gasteiger charge is 2.18. The monoisotopic (exact) mass is 502 g/mol. The Balaban J connectivity index is 2.01. The number of ketones is 1. The van der Waals surface area contributed by atoms with Gasteiger partial charge < -0.3 is 9.47 Å². The Morgan fingerprint density at radius 3 is 2.58 bits per heavy atom. The van der Waals surface area contributed by atoms with Crippen LogP contribution in [0.3, 0.4) is 0 Å². The summed E-state index contributed by atoms with van der Waals surface area (Å²) >= 11 is 6.26. The van der Waals surface area contributed by atoms with E-state index in [1.807, 2.05) is 31.2 Å². The lowest BCUT2D eigenvalue weighted by molar-refractivity contribution is -0.384. The van der Waals surface area contributed by atoms with E-state index in [4.69, 9.17) is 21.1 Å². The van der Waals surface area contributed by atoms with Crippen LogP contribution in [-0.2, 0) is 13.0 Å². The number of carbonyl (C=O) groups is 1. The van der Waals surface area contributed by atoms with E-state index in [9.17, 15) is 20.2 Å². The number of non-ortho nitro benzene ring substituents is 1. The SMILES string of the molecule is C=CCc1cc(C=C(C#N)C(=O)c2cccc([N+](=O)[O-])c2)cc(OCC)c1OCc1ccccc1Cl. The van der Waals surface area contributed by atoms with Gasteiger partial charge in [-0.05, 0) is 43.2 Å². The summed E-state index contributed by atoms with van der Waals surface area (Å²) in [6.45, 7) is 6.22. The standard InChI is InChI=1S/C28H23ClN2O5/c1-3-8-21-13-19(14-23(17-30)27(32)20-10-7-11-24(16-20)31(33)34)15-26(35-4-2)28(21)36-18-22-9-5-6-12-25(22)29/h3,5-7,9-16H,1,4,8,18H2,2H3. The predicted octanol–water partition coefficient (Wildman–Crippen LogP) is 6.74. The molecule has 3 rings (SSSR count). The third-order valence-electron chi connectivity index (χ3n) is 5.14. The summed E-state index contributed by atoms with van der Waals surface area (Å²) in [6.07, 6.45) is 3.58. The Kier molecular flexibility index (Phi) is 8.98. The number of hydrogen-bond acceptors (Lipinski definition) is 6. The lowest BCUT2D eigenvalue weighted by atomic mass is 9.99. The molecule has 0 amide bonds. The Bertz CT molecular complexity index is 1370. The maximum absolute atomic E-state index is 12.9. The van der Waals surface area contributed by atoms with Crippen LogP contribution in [0.5, 0.6) is 11.5 Å². The van der Waals surface area contributed by atoms with Crippen molar-refractivity contribution >= 4 is 29.1 Å². The van der Waals surface area contributed by atoms with Gasteiger partial charge in [-0.1, -0.05) is 48.0 Å². The first-order chi connectivity index (χ1) is 17.4. The molecule has 182 valence electrons. The molecule has 0 aliphatic rings. The van der Waals surface area contributed by atoms with Crippen LogP contribution < -0.4 is 9.47 Å². The van der Waals surface area contributed by atoms with Gasteiger partial charge in [0, 0.05) is 33.8 Å². The van der Waals surface area contributed by atoms with Gasteiger partial charge >= 0.3 is 0 Å². The van der Waals surface area contributed by atoms with Crippen LogP contribution in [0.15, 0.2) is 78.9 Å². The third kappa shape index (κ3) is 6.38. The van der Waals surface area contributed by atoms with Crippen molar-refractivity contribution < 1.29 is 19.2 Å². The van der Waals surface area contributed by atoms with Gasteiger partial charge in [0.2, 0.25) is 5.78 Å². The summed E-state index contributed by atoms with van der Waals surface area (Å²) in [7, 11) is 0. The molecule has 0 aromatic heterocycles. The van der Waals surface area contributed by atoms with E-state index >= 15 is 0 Å². The maximum Gasteiger partial charge on any atom is 0.270 e. The molecule has 0 fully saturated rings. The minimum absolute atomic E-state index is 0.0491. The average molecular weight is 503 g/mol. The van der Waals surface area contributed by atoms with E-state index in [0.29, 0.717) is 35.1 Å². The van der Waals surface area contributed by atoms with Crippen LogP contribution in [0.2, 0.25) is 5.02 Å². The number of hydrogen-bond donors (Lipinski definition) is 0. The summed E-state index contributed by atoms with van der Waals surface area (Å²) in [5, 5.41) is 21.3. The van der Waals surface area contributed by atoms with Crippen LogP contribution in [0.25, 0.3) is 6.08 Å². The number of allylic oxidation sites excluding steroid dienone is 2. The molecule has 0 bridgehead atoms. The molecule has 36 heavy (non-hydrogen) atoms. The quantitative estimate of drug-likeness (QED) is 0.0717. The summed E-state index contributed by atoms with van der Waals surface area (Å²) in [5.41, 5.74) is 1.74. The van der Waals surface area contributed by atoms with Crippen LogP contribution >= 0.6 is 11.6 Å². The van der Waals surface area contributed by atoms with Crippen molar-refractivity contribution in [1.82, 2.24) is 0 Å². The van der Waals surface area contributed by atoms with E-state index < -0.39 is 10.7 Å². The second-order valence-electron chi connectivity index (χ2n) is 7.62. The molecule has 0 unspecified atom stereocenters. The van der Waals surface area contributed by atoms with E-state index in [1.54, 1.807) is 24.3 Å². The molecular weight excluding hydrogens is 480 g/mol. The number of nitriles is 1. The van der Waals surface area contributed by atoms with Gasteiger partial charge in [0.1, 0.15) is 18.2 Å². The zero-order chi connectivity index (χ0) is 26.1. The highest BCUT2D eigenvalue weighted by molar-refractivity contribution is 6.31. The van der Waals surface area contributed by atoms with Crippen molar-refractivity contribution in [2.45, 2.75) is 20.0 Å². The molecule has 0 aliphatic heterocycles. The van der Waals surface area contributed by atoms with Gasteiger partial charge in [0.05, 0.1) is 11.5 Å². The molecule has 0 spiro atoms. The van der Waals surface area contributed by atoms with Gasteiger partial charge in [-0.15, -0.1) is 6.58 Å². The molecule has 0 atom stereocenters. The highest BCUT2D eigenvalue weighted by atomic mass is 35.5. The number of nitro groups is 1. The van der Waals surface area contributed by atoms with Gasteiger partial charge in [-0.2, -0.15) is 5.26 Å². The molecule has 0 N–H and O–H groups in total. The largest absolute Gasteiger partial charge is 0.490 e. The number of nitrogens with zero attached hydrogens (tertiary/aromatic N) is 2.